The molecule has 1 aliphatic rings. The van der Waals surface area contributed by atoms with Gasteiger partial charge in [0.15, 0.2) is 5.89 Å². The number of amides is 1. The Balaban J connectivity index is 1.44. The average Bonchev–Trinajstić information content (AvgIpc) is 3.33. The van der Waals surface area contributed by atoms with Crippen molar-refractivity contribution in [2.45, 2.75) is 25.2 Å². The van der Waals surface area contributed by atoms with Crippen LogP contribution in [0.4, 0.5) is 4.39 Å². The fraction of sp³-hybridized carbons (Fsp3) is 0.300. The standard InChI is InChI=1S/C20H19FN2O2S/c21-16-6-1-4-14(10-16)11-17-12-22-19(25-17)15-5-2-8-23(13-15)20(24)18-7-3-9-26-18/h1,3-4,6-7,9-10,12,15H,2,5,8,11,13H2. The van der Waals surface area contributed by atoms with Crippen molar-refractivity contribution in [3.05, 3.63) is 75.9 Å². The van der Waals surface area contributed by atoms with E-state index in [-0.39, 0.29) is 17.6 Å². The van der Waals surface area contributed by atoms with Crippen LogP contribution >= 0.6 is 11.3 Å². The number of likely N-dealkylation sites (tertiary alicyclic amines) is 1. The number of piperidine rings is 1. The van der Waals surface area contributed by atoms with Crippen molar-refractivity contribution in [2.75, 3.05) is 13.1 Å². The van der Waals surface area contributed by atoms with E-state index in [1.54, 1.807) is 12.3 Å². The number of hydrogen-bond acceptors (Lipinski definition) is 4. The van der Waals surface area contributed by atoms with Gasteiger partial charge in [0.1, 0.15) is 11.6 Å². The fourth-order valence-corrected chi connectivity index (χ4v) is 4.05. The first kappa shape index (κ1) is 17.0. The summed E-state index contributed by atoms with van der Waals surface area (Å²) >= 11 is 1.47. The summed E-state index contributed by atoms with van der Waals surface area (Å²) < 4.78 is 19.2. The summed E-state index contributed by atoms with van der Waals surface area (Å²) in [6, 6.07) is 10.2. The number of hydrogen-bond donors (Lipinski definition) is 0. The molecule has 26 heavy (non-hydrogen) atoms. The maximum atomic E-state index is 13.3. The van der Waals surface area contributed by atoms with Crippen LogP contribution in [0, 0.1) is 5.82 Å². The number of thiophene rings is 1. The Morgan fingerprint density at radius 3 is 3.08 bits per heavy atom. The van der Waals surface area contributed by atoms with Crippen LogP contribution in [-0.2, 0) is 6.42 Å². The Kier molecular flexibility index (Phi) is 4.84. The Morgan fingerprint density at radius 1 is 1.35 bits per heavy atom. The molecule has 134 valence electrons. The second-order valence-electron chi connectivity index (χ2n) is 6.54. The van der Waals surface area contributed by atoms with Gasteiger partial charge >= 0.3 is 0 Å². The van der Waals surface area contributed by atoms with Crippen molar-refractivity contribution in [3.63, 3.8) is 0 Å². The van der Waals surface area contributed by atoms with Gasteiger partial charge < -0.3 is 9.32 Å². The Labute approximate surface area is 155 Å². The lowest BCUT2D eigenvalue weighted by Crippen LogP contribution is -2.38. The largest absolute Gasteiger partial charge is 0.445 e. The van der Waals surface area contributed by atoms with Gasteiger partial charge in [-0.2, -0.15) is 0 Å². The van der Waals surface area contributed by atoms with Gasteiger partial charge in [-0.15, -0.1) is 11.3 Å². The van der Waals surface area contributed by atoms with Gasteiger partial charge in [-0.25, -0.2) is 9.37 Å². The minimum Gasteiger partial charge on any atom is -0.445 e. The fourth-order valence-electron chi connectivity index (χ4n) is 3.36. The molecule has 1 amide bonds. The molecule has 2 aromatic heterocycles. The molecular formula is C20H19FN2O2S. The molecule has 0 N–H and O–H groups in total. The van der Waals surface area contributed by atoms with E-state index in [0.717, 1.165) is 29.8 Å². The van der Waals surface area contributed by atoms with Crippen LogP contribution in [0.25, 0.3) is 0 Å². The number of benzene rings is 1. The predicted octanol–water partition coefficient (Wildman–Crippen LogP) is 4.49. The van der Waals surface area contributed by atoms with E-state index < -0.39 is 0 Å². The molecule has 6 heteroatoms. The maximum absolute atomic E-state index is 13.3. The summed E-state index contributed by atoms with van der Waals surface area (Å²) in [5.74, 6) is 1.31. The number of aromatic nitrogens is 1. The maximum Gasteiger partial charge on any atom is 0.263 e. The Hall–Kier alpha value is -2.47. The lowest BCUT2D eigenvalue weighted by molar-refractivity contribution is 0.0703. The molecule has 3 aromatic rings. The van der Waals surface area contributed by atoms with Crippen molar-refractivity contribution >= 4 is 17.2 Å². The lowest BCUT2D eigenvalue weighted by atomic mass is 9.98. The molecule has 1 unspecified atom stereocenters. The van der Waals surface area contributed by atoms with E-state index in [0.29, 0.717) is 24.6 Å². The van der Waals surface area contributed by atoms with Crippen LogP contribution in [0.2, 0.25) is 0 Å². The van der Waals surface area contributed by atoms with Crippen molar-refractivity contribution < 1.29 is 13.6 Å². The molecule has 1 aliphatic heterocycles. The molecule has 1 saturated heterocycles. The topological polar surface area (TPSA) is 46.3 Å². The van der Waals surface area contributed by atoms with Gasteiger partial charge in [0, 0.05) is 19.5 Å². The summed E-state index contributed by atoms with van der Waals surface area (Å²) in [6.45, 7) is 1.39. The number of nitrogens with zero attached hydrogens (tertiary/aromatic N) is 2. The molecular weight excluding hydrogens is 351 g/mol. The smallest absolute Gasteiger partial charge is 0.263 e. The van der Waals surface area contributed by atoms with Crippen LogP contribution in [0.1, 0.15) is 45.6 Å². The molecule has 0 bridgehead atoms. The normalized spacial score (nSPS) is 17.4. The van der Waals surface area contributed by atoms with Gasteiger partial charge in [-0.3, -0.25) is 4.79 Å². The molecule has 0 saturated carbocycles. The minimum absolute atomic E-state index is 0.0799. The first-order chi connectivity index (χ1) is 12.7. The monoisotopic (exact) mass is 370 g/mol. The molecule has 0 aliphatic carbocycles. The van der Waals surface area contributed by atoms with Gasteiger partial charge in [-0.05, 0) is 42.0 Å². The van der Waals surface area contributed by atoms with Crippen molar-refractivity contribution in [1.29, 1.82) is 0 Å². The molecule has 0 radical (unpaired) electrons. The zero-order chi connectivity index (χ0) is 17.9. The van der Waals surface area contributed by atoms with Gasteiger partial charge in [0.05, 0.1) is 17.0 Å². The highest BCUT2D eigenvalue weighted by Crippen LogP contribution is 2.28. The summed E-state index contributed by atoms with van der Waals surface area (Å²) in [5.41, 5.74) is 0.853. The van der Waals surface area contributed by atoms with Crippen LogP contribution in [0.3, 0.4) is 0 Å². The van der Waals surface area contributed by atoms with Gasteiger partial charge in [0.2, 0.25) is 0 Å². The van der Waals surface area contributed by atoms with Crippen LogP contribution in [0.5, 0.6) is 0 Å². The number of oxazole rings is 1. The molecule has 1 fully saturated rings. The number of carbonyl (C=O) groups is 1. The van der Waals surface area contributed by atoms with Crippen molar-refractivity contribution in [3.8, 4) is 0 Å². The van der Waals surface area contributed by atoms with Gasteiger partial charge in [-0.1, -0.05) is 18.2 Å². The van der Waals surface area contributed by atoms with E-state index >= 15 is 0 Å². The minimum atomic E-state index is -0.253. The predicted molar refractivity (Wildman–Crippen MR) is 97.9 cm³/mol. The quantitative estimate of drug-likeness (QED) is 0.680. The number of halogens is 1. The SMILES string of the molecule is O=C(c1cccs1)N1CCCC(c2ncc(Cc3cccc(F)c3)o2)C1. The first-order valence-corrected chi connectivity index (χ1v) is 9.59. The van der Waals surface area contributed by atoms with E-state index in [1.165, 1.54) is 23.5 Å². The summed E-state index contributed by atoms with van der Waals surface area (Å²) in [7, 11) is 0. The zero-order valence-electron chi connectivity index (χ0n) is 14.2. The third-order valence-corrected chi connectivity index (χ3v) is 5.49. The molecule has 4 rings (SSSR count). The lowest BCUT2D eigenvalue weighted by Gasteiger charge is -2.31. The van der Waals surface area contributed by atoms with Gasteiger partial charge in [0.25, 0.3) is 5.91 Å². The molecule has 3 heterocycles. The summed E-state index contributed by atoms with van der Waals surface area (Å²) in [4.78, 5) is 19.6. The highest BCUT2D eigenvalue weighted by Gasteiger charge is 2.28. The van der Waals surface area contributed by atoms with E-state index in [9.17, 15) is 9.18 Å². The van der Waals surface area contributed by atoms with E-state index in [1.807, 2.05) is 28.5 Å². The van der Waals surface area contributed by atoms with Crippen LogP contribution in [0.15, 0.2) is 52.4 Å². The highest BCUT2D eigenvalue weighted by atomic mass is 32.1. The zero-order valence-corrected chi connectivity index (χ0v) is 15.0. The average molecular weight is 370 g/mol. The third-order valence-electron chi connectivity index (χ3n) is 4.63. The molecule has 4 nitrogen and oxygen atoms in total. The third kappa shape index (κ3) is 3.70. The summed E-state index contributed by atoms with van der Waals surface area (Å²) in [6.07, 6.45) is 4.10. The second-order valence-corrected chi connectivity index (χ2v) is 7.49. The highest BCUT2D eigenvalue weighted by molar-refractivity contribution is 7.12. The van der Waals surface area contributed by atoms with Crippen molar-refractivity contribution in [1.82, 2.24) is 9.88 Å². The molecule has 0 spiro atoms. The van der Waals surface area contributed by atoms with E-state index in [2.05, 4.69) is 4.98 Å². The van der Waals surface area contributed by atoms with Crippen LogP contribution < -0.4 is 0 Å². The number of rotatable bonds is 4. The van der Waals surface area contributed by atoms with Crippen molar-refractivity contribution in [2.24, 2.45) is 0 Å². The Bertz CT molecular complexity index is 891. The summed E-state index contributed by atoms with van der Waals surface area (Å²) in [5, 5.41) is 1.92. The second kappa shape index (κ2) is 7.41. The Morgan fingerprint density at radius 2 is 2.27 bits per heavy atom. The molecule has 1 atom stereocenters. The first-order valence-electron chi connectivity index (χ1n) is 8.71. The number of carbonyl (C=O) groups excluding carboxylic acids is 1. The molecule has 1 aromatic carbocycles. The van der Waals surface area contributed by atoms with Crippen LogP contribution in [-0.4, -0.2) is 28.9 Å². The van der Waals surface area contributed by atoms with E-state index in [4.69, 9.17) is 4.42 Å².